The van der Waals surface area contributed by atoms with Crippen LogP contribution in [0.15, 0.2) is 27.6 Å². The highest BCUT2D eigenvalue weighted by atomic mass is 32.2. The second-order valence-electron chi connectivity index (χ2n) is 6.19. The highest BCUT2D eigenvalue weighted by Gasteiger charge is 2.29. The molecule has 3 rings (SSSR count). The van der Waals surface area contributed by atoms with E-state index in [1.54, 1.807) is 13.8 Å². The van der Waals surface area contributed by atoms with Gasteiger partial charge in [0.25, 0.3) is 0 Å². The summed E-state index contributed by atoms with van der Waals surface area (Å²) in [6.45, 7) is 4.26. The number of rotatable bonds is 5. The van der Waals surface area contributed by atoms with Gasteiger partial charge in [-0.25, -0.2) is 12.8 Å². The molecule has 0 aliphatic carbocycles. The lowest BCUT2D eigenvalue weighted by Gasteiger charge is -2.26. The summed E-state index contributed by atoms with van der Waals surface area (Å²) >= 11 is 0. The van der Waals surface area contributed by atoms with Gasteiger partial charge in [-0.1, -0.05) is 5.16 Å². The fourth-order valence-electron chi connectivity index (χ4n) is 2.82. The molecule has 1 aliphatic rings. The van der Waals surface area contributed by atoms with E-state index < -0.39 is 20.7 Å². The Bertz CT molecular complexity index is 932. The smallest absolute Gasteiger partial charge is 0.246 e. The van der Waals surface area contributed by atoms with Crippen molar-refractivity contribution in [2.75, 3.05) is 31.6 Å². The number of amides is 1. The molecule has 8 nitrogen and oxygen atoms in total. The Kier molecular flexibility index (Phi) is 5.59. The van der Waals surface area contributed by atoms with E-state index in [0.717, 1.165) is 12.1 Å². The number of sulfonamides is 1. The Hall–Kier alpha value is -2.30. The van der Waals surface area contributed by atoms with Gasteiger partial charge in [0.15, 0.2) is 0 Å². The lowest BCUT2D eigenvalue weighted by molar-refractivity contribution is -0.115. The predicted octanol–water partition coefficient (Wildman–Crippen LogP) is 1.63. The number of carbonyl (C=O) groups is 1. The molecule has 0 atom stereocenters. The molecular weight excluding hydrogens is 377 g/mol. The second-order valence-corrected chi connectivity index (χ2v) is 8.10. The largest absolute Gasteiger partial charge is 0.379 e. The number of nitrogens with one attached hydrogen (secondary N) is 1. The van der Waals surface area contributed by atoms with Gasteiger partial charge < -0.3 is 14.6 Å². The van der Waals surface area contributed by atoms with E-state index in [1.807, 2.05) is 0 Å². The number of aryl methyl sites for hydroxylation is 2. The first-order valence-corrected chi connectivity index (χ1v) is 9.82. The Balaban J connectivity index is 1.80. The zero-order valence-electron chi connectivity index (χ0n) is 15.0. The molecule has 1 aromatic heterocycles. The number of morpholine rings is 1. The van der Waals surface area contributed by atoms with E-state index in [2.05, 4.69) is 10.5 Å². The summed E-state index contributed by atoms with van der Waals surface area (Å²) in [6, 6.07) is 3.48. The third-order valence-corrected chi connectivity index (χ3v) is 6.24. The Morgan fingerprint density at radius 1 is 1.30 bits per heavy atom. The average molecular weight is 397 g/mol. The fourth-order valence-corrected chi connectivity index (χ4v) is 4.32. The Morgan fingerprint density at radius 2 is 2.00 bits per heavy atom. The number of hydrogen-bond donors (Lipinski definition) is 1. The molecule has 1 N–H and O–H groups in total. The Labute approximate surface area is 156 Å². The van der Waals surface area contributed by atoms with Crippen molar-refractivity contribution in [1.29, 1.82) is 0 Å². The van der Waals surface area contributed by atoms with Gasteiger partial charge in [0.2, 0.25) is 15.9 Å². The molecule has 0 unspecified atom stereocenters. The van der Waals surface area contributed by atoms with Gasteiger partial charge >= 0.3 is 0 Å². The maximum atomic E-state index is 14.2. The van der Waals surface area contributed by atoms with Crippen LogP contribution in [0.5, 0.6) is 0 Å². The van der Waals surface area contributed by atoms with Gasteiger partial charge in [-0.05, 0) is 32.0 Å². The maximum absolute atomic E-state index is 14.2. The highest BCUT2D eigenvalue weighted by Crippen LogP contribution is 2.24. The molecule has 1 aromatic carbocycles. The zero-order chi connectivity index (χ0) is 19.6. The number of nitrogens with zero attached hydrogens (tertiary/aromatic N) is 2. The lowest BCUT2D eigenvalue weighted by Crippen LogP contribution is -2.40. The maximum Gasteiger partial charge on any atom is 0.246 e. The summed E-state index contributed by atoms with van der Waals surface area (Å²) in [5.74, 6) is -0.715. The minimum Gasteiger partial charge on any atom is -0.379 e. The van der Waals surface area contributed by atoms with Crippen LogP contribution in [0.1, 0.15) is 17.0 Å². The number of hydrogen-bond acceptors (Lipinski definition) is 6. The molecule has 2 heterocycles. The number of carbonyl (C=O) groups excluding carboxylic acids is 1. The molecule has 0 spiro atoms. The van der Waals surface area contributed by atoms with E-state index in [1.165, 1.54) is 10.4 Å². The van der Waals surface area contributed by atoms with Crippen LogP contribution in [0.2, 0.25) is 0 Å². The van der Waals surface area contributed by atoms with Crippen molar-refractivity contribution in [2.24, 2.45) is 0 Å². The van der Waals surface area contributed by atoms with E-state index in [9.17, 15) is 17.6 Å². The second kappa shape index (κ2) is 7.75. The van der Waals surface area contributed by atoms with Gasteiger partial charge in [-0.15, -0.1) is 0 Å². The monoisotopic (exact) mass is 397 g/mol. The minimum atomic E-state index is -4.01. The van der Waals surface area contributed by atoms with Crippen molar-refractivity contribution in [2.45, 2.75) is 25.2 Å². The molecule has 1 saturated heterocycles. The van der Waals surface area contributed by atoms with Crippen molar-refractivity contribution in [1.82, 2.24) is 9.46 Å². The van der Waals surface area contributed by atoms with Gasteiger partial charge in [-0.2, -0.15) is 4.31 Å². The number of aromatic nitrogens is 1. The molecule has 0 saturated carbocycles. The molecule has 0 radical (unpaired) electrons. The van der Waals surface area contributed by atoms with E-state index >= 15 is 0 Å². The standard InChI is InChI=1S/C17H20FN3O5S/c1-11-14(12(2)26-20-11)10-17(22)19-13-3-4-15(18)16(9-13)27(23,24)21-5-7-25-8-6-21/h3-4,9H,5-8,10H2,1-2H3,(H,19,22). The first kappa shape index (κ1) is 19.5. The van der Waals surface area contributed by atoms with Gasteiger partial charge in [0.1, 0.15) is 16.5 Å². The fraction of sp³-hybridized carbons (Fsp3) is 0.412. The molecule has 146 valence electrons. The summed E-state index contributed by atoms with van der Waals surface area (Å²) in [4.78, 5) is 11.8. The molecule has 1 amide bonds. The minimum absolute atomic E-state index is 0.0179. The zero-order valence-corrected chi connectivity index (χ0v) is 15.8. The summed E-state index contributed by atoms with van der Waals surface area (Å²) in [6.07, 6.45) is 0.0179. The summed E-state index contributed by atoms with van der Waals surface area (Å²) in [5, 5.41) is 6.38. The third-order valence-electron chi connectivity index (χ3n) is 4.32. The van der Waals surface area contributed by atoms with E-state index in [-0.39, 0.29) is 44.3 Å². The van der Waals surface area contributed by atoms with Crippen molar-refractivity contribution >= 4 is 21.6 Å². The average Bonchev–Trinajstić information content (AvgIpc) is 2.96. The SMILES string of the molecule is Cc1noc(C)c1CC(=O)Nc1ccc(F)c(S(=O)(=O)N2CCOCC2)c1. The predicted molar refractivity (Wildman–Crippen MR) is 94.3 cm³/mol. The van der Waals surface area contributed by atoms with E-state index in [4.69, 9.17) is 9.26 Å². The quantitative estimate of drug-likeness (QED) is 0.823. The first-order valence-electron chi connectivity index (χ1n) is 8.38. The number of ether oxygens (including phenoxy) is 1. The summed E-state index contributed by atoms with van der Waals surface area (Å²) in [5.41, 5.74) is 1.47. The van der Waals surface area contributed by atoms with Gasteiger partial charge in [-0.3, -0.25) is 4.79 Å². The molecule has 10 heteroatoms. The van der Waals surface area contributed by atoms with Crippen molar-refractivity contribution in [3.63, 3.8) is 0 Å². The molecule has 0 bridgehead atoms. The first-order chi connectivity index (χ1) is 12.8. The van der Waals surface area contributed by atoms with Crippen LogP contribution < -0.4 is 5.32 Å². The van der Waals surface area contributed by atoms with Gasteiger partial charge in [0.05, 0.1) is 25.3 Å². The molecule has 27 heavy (non-hydrogen) atoms. The molecule has 2 aromatic rings. The number of benzene rings is 1. The van der Waals surface area contributed by atoms with Crippen LogP contribution in [0.4, 0.5) is 10.1 Å². The van der Waals surface area contributed by atoms with Crippen LogP contribution in [0, 0.1) is 19.7 Å². The van der Waals surface area contributed by atoms with Crippen molar-refractivity contribution in [3.8, 4) is 0 Å². The van der Waals surface area contributed by atoms with Crippen molar-refractivity contribution in [3.05, 3.63) is 41.0 Å². The molecule has 1 aliphatic heterocycles. The molecular formula is C17H20FN3O5S. The summed E-state index contributed by atoms with van der Waals surface area (Å²) < 4.78 is 50.9. The van der Waals surface area contributed by atoms with E-state index in [0.29, 0.717) is 17.0 Å². The summed E-state index contributed by atoms with van der Waals surface area (Å²) in [7, 11) is -4.01. The lowest BCUT2D eigenvalue weighted by atomic mass is 10.1. The van der Waals surface area contributed by atoms with Crippen LogP contribution >= 0.6 is 0 Å². The van der Waals surface area contributed by atoms with Crippen LogP contribution in [-0.2, 0) is 26.0 Å². The van der Waals surface area contributed by atoms with Crippen molar-refractivity contribution < 1.29 is 26.9 Å². The number of anilines is 1. The normalized spacial score (nSPS) is 15.7. The van der Waals surface area contributed by atoms with Crippen LogP contribution in [0.25, 0.3) is 0 Å². The van der Waals surface area contributed by atoms with Crippen LogP contribution in [-0.4, -0.2) is 50.1 Å². The number of halogens is 1. The Morgan fingerprint density at radius 3 is 2.63 bits per heavy atom. The third kappa shape index (κ3) is 4.18. The van der Waals surface area contributed by atoms with Gasteiger partial charge in [0, 0.05) is 24.3 Å². The topological polar surface area (TPSA) is 102 Å². The van der Waals surface area contributed by atoms with Crippen LogP contribution in [0.3, 0.4) is 0 Å². The highest BCUT2D eigenvalue weighted by molar-refractivity contribution is 7.89. The molecule has 1 fully saturated rings.